The summed E-state index contributed by atoms with van der Waals surface area (Å²) in [6, 6.07) is 0.650. The van der Waals surface area contributed by atoms with Crippen LogP contribution in [0.2, 0.25) is 0 Å². The minimum absolute atomic E-state index is 0.343. The van der Waals surface area contributed by atoms with Gasteiger partial charge in [0.1, 0.15) is 0 Å². The Bertz CT molecular complexity index is 278. The third kappa shape index (κ3) is 2.73. The molecule has 0 bridgehead atoms. The molecule has 2 aliphatic rings. The molecule has 2 rings (SSSR count). The van der Waals surface area contributed by atoms with Crippen LogP contribution in [0.3, 0.4) is 0 Å². The van der Waals surface area contributed by atoms with Crippen molar-refractivity contribution < 1.29 is 4.74 Å². The van der Waals surface area contributed by atoms with Crippen molar-refractivity contribution in [2.45, 2.75) is 70.3 Å². The summed E-state index contributed by atoms with van der Waals surface area (Å²) < 4.78 is 6.34. The Balaban J connectivity index is 1.83. The molecule has 1 saturated carbocycles. The van der Waals surface area contributed by atoms with Crippen molar-refractivity contribution in [1.29, 1.82) is 0 Å². The molecule has 18 heavy (non-hydrogen) atoms. The second-order valence-electron chi connectivity index (χ2n) is 6.37. The minimum Gasteiger partial charge on any atom is -0.378 e. The van der Waals surface area contributed by atoms with Gasteiger partial charge in [-0.1, -0.05) is 13.8 Å². The fraction of sp³-hybridized carbons (Fsp3) is 1.00. The third-order valence-electron chi connectivity index (χ3n) is 5.13. The monoisotopic (exact) mass is 271 g/mol. The van der Waals surface area contributed by atoms with Crippen LogP contribution < -0.4 is 5.32 Å². The van der Waals surface area contributed by atoms with E-state index in [2.05, 4.69) is 44.8 Å². The maximum Gasteiger partial charge on any atom is 0.0658 e. The molecule has 1 heterocycles. The summed E-state index contributed by atoms with van der Waals surface area (Å²) in [4.78, 5) is 0. The van der Waals surface area contributed by atoms with Gasteiger partial charge in [0.15, 0.2) is 0 Å². The summed E-state index contributed by atoms with van der Waals surface area (Å²) >= 11 is 2.15. The van der Waals surface area contributed by atoms with Crippen LogP contribution in [0.25, 0.3) is 0 Å². The molecule has 4 unspecified atom stereocenters. The van der Waals surface area contributed by atoms with Gasteiger partial charge >= 0.3 is 0 Å². The first-order chi connectivity index (χ1) is 8.54. The van der Waals surface area contributed by atoms with E-state index < -0.39 is 0 Å². The first kappa shape index (κ1) is 14.7. The zero-order valence-electron chi connectivity index (χ0n) is 12.4. The van der Waals surface area contributed by atoms with Crippen LogP contribution in [0.1, 0.15) is 53.4 Å². The van der Waals surface area contributed by atoms with Crippen molar-refractivity contribution in [1.82, 2.24) is 5.32 Å². The van der Waals surface area contributed by atoms with Gasteiger partial charge in [-0.05, 0) is 45.3 Å². The topological polar surface area (TPSA) is 21.3 Å². The lowest BCUT2D eigenvalue weighted by molar-refractivity contribution is -0.125. The maximum atomic E-state index is 5.87. The molecule has 4 atom stereocenters. The molecule has 2 nitrogen and oxygen atoms in total. The van der Waals surface area contributed by atoms with Gasteiger partial charge in [0.2, 0.25) is 0 Å². The number of ether oxygens (including phenoxy) is 1. The van der Waals surface area contributed by atoms with Crippen LogP contribution in [-0.2, 0) is 4.74 Å². The fourth-order valence-electron chi connectivity index (χ4n) is 3.38. The zero-order chi connectivity index (χ0) is 13.2. The van der Waals surface area contributed by atoms with Gasteiger partial charge in [0, 0.05) is 29.4 Å². The molecule has 1 aliphatic carbocycles. The van der Waals surface area contributed by atoms with Crippen LogP contribution in [0.15, 0.2) is 0 Å². The molecule has 1 saturated heterocycles. The van der Waals surface area contributed by atoms with Crippen molar-refractivity contribution in [3.8, 4) is 0 Å². The highest BCUT2D eigenvalue weighted by Crippen LogP contribution is 2.46. The molecule has 0 radical (unpaired) electrons. The van der Waals surface area contributed by atoms with Crippen molar-refractivity contribution in [3.05, 3.63) is 0 Å². The van der Waals surface area contributed by atoms with E-state index in [1.165, 1.54) is 31.4 Å². The third-order valence-corrected chi connectivity index (χ3v) is 6.67. The van der Waals surface area contributed by atoms with Gasteiger partial charge in [-0.25, -0.2) is 0 Å². The zero-order valence-corrected chi connectivity index (χ0v) is 13.2. The molecule has 0 aromatic carbocycles. The summed E-state index contributed by atoms with van der Waals surface area (Å²) in [6.45, 7) is 11.2. The van der Waals surface area contributed by atoms with E-state index in [-0.39, 0.29) is 0 Å². The molecule has 1 aliphatic heterocycles. The van der Waals surface area contributed by atoms with Gasteiger partial charge in [0.25, 0.3) is 0 Å². The molecule has 0 amide bonds. The molecular formula is C15H29NOS. The Labute approximate surface area is 117 Å². The van der Waals surface area contributed by atoms with Gasteiger partial charge in [-0.15, -0.1) is 0 Å². The molecule has 1 N–H and O–H groups in total. The summed E-state index contributed by atoms with van der Waals surface area (Å²) in [5, 5.41) is 3.83. The van der Waals surface area contributed by atoms with E-state index >= 15 is 0 Å². The van der Waals surface area contributed by atoms with E-state index in [4.69, 9.17) is 4.74 Å². The van der Waals surface area contributed by atoms with Gasteiger partial charge < -0.3 is 10.1 Å². The molecule has 0 aromatic rings. The van der Waals surface area contributed by atoms with Crippen molar-refractivity contribution in [3.63, 3.8) is 0 Å². The van der Waals surface area contributed by atoms with Crippen LogP contribution >= 0.6 is 11.8 Å². The van der Waals surface area contributed by atoms with Crippen LogP contribution in [0.5, 0.6) is 0 Å². The number of hydrogen-bond acceptors (Lipinski definition) is 3. The highest BCUT2D eigenvalue weighted by atomic mass is 32.2. The second-order valence-corrected chi connectivity index (χ2v) is 8.06. The van der Waals surface area contributed by atoms with Gasteiger partial charge in [0.05, 0.1) is 6.10 Å². The van der Waals surface area contributed by atoms with Crippen molar-refractivity contribution in [2.24, 2.45) is 5.41 Å². The number of thioether (sulfide) groups is 1. The average molecular weight is 271 g/mol. The van der Waals surface area contributed by atoms with E-state index in [0.717, 1.165) is 13.2 Å². The highest BCUT2D eigenvalue weighted by Gasteiger charge is 2.51. The van der Waals surface area contributed by atoms with E-state index in [9.17, 15) is 0 Å². The summed E-state index contributed by atoms with van der Waals surface area (Å²) in [6.07, 6.45) is 5.63. The lowest BCUT2D eigenvalue weighted by Gasteiger charge is -2.54. The van der Waals surface area contributed by atoms with Crippen molar-refractivity contribution in [2.75, 3.05) is 18.9 Å². The van der Waals surface area contributed by atoms with Gasteiger partial charge in [-0.3, -0.25) is 0 Å². The quantitative estimate of drug-likeness (QED) is 0.799. The SMILES string of the molecule is CCOC1CC(NCC2(C)CCCS2)C1(C)CC. The lowest BCUT2D eigenvalue weighted by Crippen LogP contribution is -2.63. The standard InChI is InChI=1S/C15H29NOS/c1-5-15(4)12(10-13(15)17-6-2)16-11-14(3)8-7-9-18-14/h12-13,16H,5-11H2,1-4H3. The first-order valence-corrected chi connectivity index (χ1v) is 8.51. The Morgan fingerprint density at radius 3 is 2.67 bits per heavy atom. The molecule has 106 valence electrons. The number of rotatable bonds is 6. The second kappa shape index (κ2) is 5.72. The van der Waals surface area contributed by atoms with E-state index in [0.29, 0.717) is 22.3 Å². The number of hydrogen-bond donors (Lipinski definition) is 1. The first-order valence-electron chi connectivity index (χ1n) is 7.53. The van der Waals surface area contributed by atoms with Crippen molar-refractivity contribution >= 4 is 11.8 Å². The smallest absolute Gasteiger partial charge is 0.0658 e. The molecule has 2 fully saturated rings. The summed E-state index contributed by atoms with van der Waals surface area (Å²) in [7, 11) is 0. The predicted molar refractivity (Wildman–Crippen MR) is 80.3 cm³/mol. The molecule has 0 aromatic heterocycles. The predicted octanol–water partition coefficient (Wildman–Crippen LogP) is 3.46. The minimum atomic E-state index is 0.343. The Morgan fingerprint density at radius 1 is 1.33 bits per heavy atom. The van der Waals surface area contributed by atoms with E-state index in [1.54, 1.807) is 0 Å². The largest absolute Gasteiger partial charge is 0.378 e. The van der Waals surface area contributed by atoms with Crippen LogP contribution in [-0.4, -0.2) is 35.8 Å². The molecule has 3 heteroatoms. The maximum absolute atomic E-state index is 5.87. The van der Waals surface area contributed by atoms with Crippen LogP contribution in [0, 0.1) is 5.41 Å². The normalized spacial score (nSPS) is 44.0. The number of nitrogens with one attached hydrogen (secondary N) is 1. The average Bonchev–Trinajstić information content (AvgIpc) is 2.79. The van der Waals surface area contributed by atoms with Gasteiger partial charge in [-0.2, -0.15) is 11.8 Å². The molecular weight excluding hydrogens is 242 g/mol. The summed E-state index contributed by atoms with van der Waals surface area (Å²) in [5.74, 6) is 1.34. The van der Waals surface area contributed by atoms with E-state index in [1.807, 2.05) is 0 Å². The molecule has 0 spiro atoms. The highest BCUT2D eigenvalue weighted by molar-refractivity contribution is 8.00. The summed E-state index contributed by atoms with van der Waals surface area (Å²) in [5.41, 5.74) is 0.343. The Morgan fingerprint density at radius 2 is 2.11 bits per heavy atom. The Hall–Kier alpha value is 0.270. The Kier molecular flexibility index (Phi) is 4.66. The fourth-order valence-corrected chi connectivity index (χ4v) is 4.64. The van der Waals surface area contributed by atoms with Crippen LogP contribution in [0.4, 0.5) is 0 Å². The lowest BCUT2D eigenvalue weighted by atomic mass is 9.61.